The maximum absolute atomic E-state index is 15.3. The molecule has 1 aliphatic rings. The van der Waals surface area contributed by atoms with Crippen LogP contribution in [0.4, 0.5) is 21.5 Å². The number of hydrogen-bond donors (Lipinski definition) is 2. The summed E-state index contributed by atoms with van der Waals surface area (Å²) in [5, 5.41) is 2.06. The number of hydrogen-bond acceptors (Lipinski definition) is 5. The molecule has 2 N–H and O–H groups in total. The van der Waals surface area contributed by atoms with Crippen molar-refractivity contribution in [3.8, 4) is 0 Å². The number of benzene rings is 2. The molecule has 0 spiro atoms. The second-order valence-electron chi connectivity index (χ2n) is 8.67. The molecule has 2 aromatic carbocycles. The fraction of sp³-hybridized carbons (Fsp3) is 0.458. The lowest BCUT2D eigenvalue weighted by molar-refractivity contribution is -0.00528. The number of nitrogens with zero attached hydrogens (tertiary/aromatic N) is 1. The van der Waals surface area contributed by atoms with E-state index >= 15 is 4.39 Å². The molecule has 0 bridgehead atoms. The first-order valence-electron chi connectivity index (χ1n) is 11.2. The molecule has 1 amide bonds. The summed E-state index contributed by atoms with van der Waals surface area (Å²) in [4.78, 5) is 14.8. The Morgan fingerprint density at radius 3 is 2.27 bits per heavy atom. The quantitative estimate of drug-likeness (QED) is 0.617. The topological polar surface area (TPSA) is 87.7 Å². The number of sulfonamides is 1. The van der Waals surface area contributed by atoms with Crippen LogP contribution in [0.15, 0.2) is 36.4 Å². The van der Waals surface area contributed by atoms with E-state index in [2.05, 4.69) is 14.9 Å². The number of halogens is 1. The molecule has 0 aliphatic carbocycles. The molecule has 0 aromatic heterocycles. The highest BCUT2D eigenvalue weighted by atomic mass is 32.2. The molecule has 0 saturated carbocycles. The van der Waals surface area contributed by atoms with Crippen LogP contribution in [-0.4, -0.2) is 44.9 Å². The van der Waals surface area contributed by atoms with Gasteiger partial charge in [-0.25, -0.2) is 12.8 Å². The largest absolute Gasteiger partial charge is 0.372 e. The van der Waals surface area contributed by atoms with Crippen molar-refractivity contribution < 1.29 is 22.3 Å². The summed E-state index contributed by atoms with van der Waals surface area (Å²) in [6.07, 6.45) is 0.582. The number of carbonyl (C=O) groups excluding carboxylic acids is 1. The number of amides is 1. The van der Waals surface area contributed by atoms with Crippen LogP contribution in [0, 0.1) is 5.82 Å². The van der Waals surface area contributed by atoms with Gasteiger partial charge >= 0.3 is 0 Å². The minimum atomic E-state index is -3.48. The molecule has 9 heteroatoms. The van der Waals surface area contributed by atoms with E-state index < -0.39 is 27.0 Å². The number of nitrogens with one attached hydrogen (secondary N) is 2. The molecule has 1 aliphatic heterocycles. The maximum atomic E-state index is 15.3. The van der Waals surface area contributed by atoms with Crippen LogP contribution in [0.3, 0.4) is 0 Å². The fourth-order valence-electron chi connectivity index (χ4n) is 3.88. The summed E-state index contributed by atoms with van der Waals surface area (Å²) >= 11 is 0. The average Bonchev–Trinajstić information content (AvgIpc) is 2.74. The minimum absolute atomic E-state index is 0.0499. The van der Waals surface area contributed by atoms with E-state index in [1.165, 1.54) is 24.3 Å². The van der Waals surface area contributed by atoms with Crippen molar-refractivity contribution in [2.24, 2.45) is 0 Å². The van der Waals surface area contributed by atoms with Crippen LogP contribution in [-0.2, 0) is 21.2 Å². The second-order valence-corrected chi connectivity index (χ2v) is 10.9. The van der Waals surface area contributed by atoms with Crippen molar-refractivity contribution in [2.75, 3.05) is 28.0 Å². The van der Waals surface area contributed by atoms with Crippen molar-refractivity contribution in [3.63, 3.8) is 0 Å². The van der Waals surface area contributed by atoms with E-state index in [-0.39, 0.29) is 17.9 Å². The molecule has 180 valence electrons. The van der Waals surface area contributed by atoms with Gasteiger partial charge < -0.3 is 15.0 Å². The van der Waals surface area contributed by atoms with Gasteiger partial charge in [-0.1, -0.05) is 6.92 Å². The fourth-order valence-corrected chi connectivity index (χ4v) is 4.58. The summed E-state index contributed by atoms with van der Waals surface area (Å²) < 4.78 is 47.6. The van der Waals surface area contributed by atoms with Crippen LogP contribution >= 0.6 is 0 Å². The lowest BCUT2D eigenvalue weighted by Crippen LogP contribution is -2.46. The van der Waals surface area contributed by atoms with Crippen LogP contribution in [0.2, 0.25) is 0 Å². The lowest BCUT2D eigenvalue weighted by Gasteiger charge is -2.38. The highest BCUT2D eigenvalue weighted by molar-refractivity contribution is 7.93. The molecule has 1 heterocycles. The summed E-state index contributed by atoms with van der Waals surface area (Å²) in [6, 6.07) is 9.43. The third-order valence-corrected chi connectivity index (χ3v) is 7.37. The lowest BCUT2D eigenvalue weighted by atomic mass is 10.0. The Morgan fingerprint density at radius 2 is 1.73 bits per heavy atom. The second kappa shape index (κ2) is 10.1. The SMILES string of the molecule is CCc1c(N2CC(C)OC(C)C2)ccc(NC(=O)c2ccc(NS(=O)(=O)C(C)C)cc2)c1F. The van der Waals surface area contributed by atoms with E-state index in [0.717, 1.165) is 5.69 Å². The van der Waals surface area contributed by atoms with Gasteiger partial charge in [-0.2, -0.15) is 0 Å². The zero-order valence-electron chi connectivity index (χ0n) is 19.7. The van der Waals surface area contributed by atoms with Crippen LogP contribution in [0.5, 0.6) is 0 Å². The van der Waals surface area contributed by atoms with Gasteiger partial charge in [0.25, 0.3) is 5.91 Å². The molecule has 2 aromatic rings. The number of anilines is 3. The molecule has 7 nitrogen and oxygen atoms in total. The number of morpholine rings is 1. The zero-order chi connectivity index (χ0) is 24.3. The van der Waals surface area contributed by atoms with E-state index in [4.69, 9.17) is 4.74 Å². The maximum Gasteiger partial charge on any atom is 0.255 e. The van der Waals surface area contributed by atoms with Crippen LogP contribution in [0.25, 0.3) is 0 Å². The summed E-state index contributed by atoms with van der Waals surface area (Å²) in [6.45, 7) is 10.4. The van der Waals surface area contributed by atoms with E-state index in [9.17, 15) is 13.2 Å². The zero-order valence-corrected chi connectivity index (χ0v) is 20.5. The van der Waals surface area contributed by atoms with E-state index in [0.29, 0.717) is 36.3 Å². The van der Waals surface area contributed by atoms with Crippen molar-refractivity contribution in [1.82, 2.24) is 0 Å². The Balaban J connectivity index is 1.77. The molecule has 0 radical (unpaired) electrons. The van der Waals surface area contributed by atoms with Gasteiger partial charge in [0.15, 0.2) is 5.82 Å². The summed E-state index contributed by atoms with van der Waals surface area (Å²) in [7, 11) is -3.48. The summed E-state index contributed by atoms with van der Waals surface area (Å²) in [5.41, 5.74) is 2.13. The number of ether oxygens (including phenoxy) is 1. The first-order chi connectivity index (χ1) is 15.5. The van der Waals surface area contributed by atoms with Gasteiger partial charge in [0.1, 0.15) is 0 Å². The van der Waals surface area contributed by atoms with Gasteiger partial charge in [-0.3, -0.25) is 9.52 Å². The molecule has 33 heavy (non-hydrogen) atoms. The van der Waals surface area contributed by atoms with Crippen LogP contribution < -0.4 is 14.9 Å². The molecule has 1 saturated heterocycles. The molecular weight excluding hydrogens is 445 g/mol. The van der Waals surface area contributed by atoms with Gasteiger partial charge in [-0.05, 0) is 70.5 Å². The van der Waals surface area contributed by atoms with Crippen molar-refractivity contribution >= 4 is 33.0 Å². The van der Waals surface area contributed by atoms with E-state index in [1.54, 1.807) is 19.9 Å². The minimum Gasteiger partial charge on any atom is -0.372 e. The third-order valence-electron chi connectivity index (χ3n) is 5.61. The van der Waals surface area contributed by atoms with Crippen molar-refractivity contribution in [1.29, 1.82) is 0 Å². The highest BCUT2D eigenvalue weighted by Gasteiger charge is 2.26. The van der Waals surface area contributed by atoms with E-state index in [1.807, 2.05) is 26.8 Å². The monoisotopic (exact) mass is 477 g/mol. The molecule has 2 atom stereocenters. The Kier molecular flexibility index (Phi) is 7.64. The normalized spacial score (nSPS) is 18.9. The van der Waals surface area contributed by atoms with Crippen molar-refractivity contribution in [3.05, 3.63) is 53.3 Å². The molecule has 3 rings (SSSR count). The average molecular weight is 478 g/mol. The first-order valence-corrected chi connectivity index (χ1v) is 12.7. The molecular formula is C24H32FN3O4S. The summed E-state index contributed by atoms with van der Waals surface area (Å²) in [5.74, 6) is -0.924. The Hall–Kier alpha value is -2.65. The Labute approximate surface area is 195 Å². The van der Waals surface area contributed by atoms with Gasteiger partial charge in [-0.15, -0.1) is 0 Å². The van der Waals surface area contributed by atoms with Gasteiger partial charge in [0.05, 0.1) is 23.1 Å². The number of carbonyl (C=O) groups is 1. The van der Waals surface area contributed by atoms with Crippen LogP contribution in [0.1, 0.15) is 50.5 Å². The highest BCUT2D eigenvalue weighted by Crippen LogP contribution is 2.31. The van der Waals surface area contributed by atoms with Gasteiger partial charge in [0.2, 0.25) is 10.0 Å². The number of rotatable bonds is 7. The smallest absolute Gasteiger partial charge is 0.255 e. The predicted octanol–water partition coefficient (Wildman–Crippen LogP) is 4.40. The molecule has 1 fully saturated rings. The Bertz CT molecular complexity index is 1090. The first kappa shape index (κ1) is 25.0. The standard InChI is InChI=1S/C24H32FN3O4S/c1-6-20-22(28-13-16(4)32-17(5)14-28)12-11-21(23(20)25)26-24(29)18-7-9-19(10-8-18)27-33(30,31)15(2)3/h7-12,15-17,27H,6,13-14H2,1-5H3,(H,26,29). The predicted molar refractivity (Wildman–Crippen MR) is 130 cm³/mol. The Morgan fingerprint density at radius 1 is 1.12 bits per heavy atom. The van der Waals surface area contributed by atoms with Crippen molar-refractivity contribution in [2.45, 2.75) is 58.5 Å². The van der Waals surface area contributed by atoms with Gasteiger partial charge in [0, 0.05) is 35.6 Å². The third kappa shape index (κ3) is 5.83. The molecule has 2 unspecified atom stereocenters.